The molecule has 2 aliphatic rings. The molecule has 1 N–H and O–H groups in total. The normalized spacial score (nSPS) is 16.6. The Hall–Kier alpha value is -2.87. The molecule has 0 unspecified atom stereocenters. The van der Waals surface area contributed by atoms with Crippen molar-refractivity contribution in [2.75, 3.05) is 40.0 Å². The van der Waals surface area contributed by atoms with Gasteiger partial charge in [-0.05, 0) is 49.9 Å². The van der Waals surface area contributed by atoms with Crippen LogP contribution < -0.4 is 14.9 Å². The van der Waals surface area contributed by atoms with Gasteiger partial charge in [0.25, 0.3) is 5.91 Å². The first-order valence-corrected chi connectivity index (χ1v) is 10.6. The minimum absolute atomic E-state index is 0.152. The molecule has 3 aromatic rings. The lowest BCUT2D eigenvalue weighted by Crippen LogP contribution is -2.52. The summed E-state index contributed by atoms with van der Waals surface area (Å²) < 4.78 is 10.9. The zero-order valence-electron chi connectivity index (χ0n) is 17.4. The van der Waals surface area contributed by atoms with E-state index in [0.29, 0.717) is 33.3 Å². The fourth-order valence-corrected chi connectivity index (χ4v) is 4.07. The standard InChI is InChI=1S/C23H23ClN4O3/c1-14-18(24)5-4-16-17(23(29)26-28-9-7-27(2)8-10-28)12-19(25-22(14)16)15-3-6-20-21(11-15)31-13-30-20/h3-6,11-12H,7-10,13H2,1-2H3,(H,26,29). The maximum Gasteiger partial charge on any atom is 0.266 e. The Morgan fingerprint density at radius 3 is 2.65 bits per heavy atom. The van der Waals surface area contributed by atoms with Gasteiger partial charge in [-0.2, -0.15) is 0 Å². The van der Waals surface area contributed by atoms with Crippen molar-refractivity contribution in [2.45, 2.75) is 6.92 Å². The molecule has 7 nitrogen and oxygen atoms in total. The Morgan fingerprint density at radius 1 is 1.06 bits per heavy atom. The number of hydrogen-bond donors (Lipinski definition) is 1. The first-order valence-electron chi connectivity index (χ1n) is 10.2. The lowest BCUT2D eigenvalue weighted by molar-refractivity contribution is 0.0664. The molecule has 8 heteroatoms. The number of likely N-dealkylation sites (N-methyl/N-ethyl adjacent to an activating group) is 1. The van der Waals surface area contributed by atoms with E-state index in [2.05, 4.69) is 17.4 Å². The Bertz CT molecular complexity index is 1180. The summed E-state index contributed by atoms with van der Waals surface area (Å²) in [6.07, 6.45) is 0. The zero-order valence-corrected chi connectivity index (χ0v) is 18.2. The van der Waals surface area contributed by atoms with Crippen molar-refractivity contribution < 1.29 is 14.3 Å². The van der Waals surface area contributed by atoms with Crippen LogP contribution >= 0.6 is 11.6 Å². The van der Waals surface area contributed by atoms with E-state index >= 15 is 0 Å². The van der Waals surface area contributed by atoms with Crippen molar-refractivity contribution in [3.05, 3.63) is 52.5 Å². The molecule has 0 radical (unpaired) electrons. The lowest BCUT2D eigenvalue weighted by Gasteiger charge is -2.32. The number of carbonyl (C=O) groups is 1. The van der Waals surface area contributed by atoms with Crippen LogP contribution in [-0.4, -0.2) is 60.8 Å². The van der Waals surface area contributed by atoms with Crippen LogP contribution in [0, 0.1) is 6.92 Å². The molecule has 1 saturated heterocycles. The minimum Gasteiger partial charge on any atom is -0.454 e. The number of rotatable bonds is 3. The number of aryl methyl sites for hydroxylation is 1. The van der Waals surface area contributed by atoms with Crippen molar-refractivity contribution >= 4 is 28.4 Å². The maximum absolute atomic E-state index is 13.3. The largest absolute Gasteiger partial charge is 0.454 e. The second kappa shape index (κ2) is 8.00. The van der Waals surface area contributed by atoms with E-state index in [4.69, 9.17) is 26.1 Å². The van der Waals surface area contributed by atoms with E-state index in [1.54, 1.807) is 0 Å². The molecule has 2 aliphatic heterocycles. The second-order valence-corrected chi connectivity index (χ2v) is 8.33. The molecule has 3 heterocycles. The average Bonchev–Trinajstić information content (AvgIpc) is 3.25. The van der Waals surface area contributed by atoms with Crippen molar-refractivity contribution in [3.63, 3.8) is 0 Å². The number of ether oxygens (including phenoxy) is 2. The second-order valence-electron chi connectivity index (χ2n) is 7.92. The highest BCUT2D eigenvalue weighted by Gasteiger charge is 2.21. The van der Waals surface area contributed by atoms with E-state index < -0.39 is 0 Å². The number of piperazine rings is 1. The first-order chi connectivity index (χ1) is 15.0. The molecule has 0 bridgehead atoms. The molecule has 0 aliphatic carbocycles. The van der Waals surface area contributed by atoms with Gasteiger partial charge in [0.15, 0.2) is 11.5 Å². The molecule has 0 saturated carbocycles. The number of hydrogen-bond acceptors (Lipinski definition) is 6. The highest BCUT2D eigenvalue weighted by molar-refractivity contribution is 6.32. The van der Waals surface area contributed by atoms with Gasteiger partial charge in [0.2, 0.25) is 6.79 Å². The molecule has 2 aromatic carbocycles. The minimum atomic E-state index is -0.152. The van der Waals surface area contributed by atoms with Crippen molar-refractivity contribution in [1.82, 2.24) is 20.3 Å². The fraction of sp³-hybridized carbons (Fsp3) is 0.304. The third-order valence-electron chi connectivity index (χ3n) is 5.84. The number of pyridine rings is 1. The van der Waals surface area contributed by atoms with Gasteiger partial charge in [-0.1, -0.05) is 17.7 Å². The van der Waals surface area contributed by atoms with Gasteiger partial charge in [-0.15, -0.1) is 0 Å². The SMILES string of the molecule is Cc1c(Cl)ccc2c(C(=O)NN3CCN(C)CC3)cc(-c3ccc4c(c3)OCO4)nc12. The molecule has 0 spiro atoms. The number of nitrogens with one attached hydrogen (secondary N) is 1. The number of carbonyl (C=O) groups excluding carboxylic acids is 1. The Labute approximate surface area is 185 Å². The topological polar surface area (TPSA) is 66.9 Å². The highest BCUT2D eigenvalue weighted by atomic mass is 35.5. The molecule has 5 rings (SSSR count). The van der Waals surface area contributed by atoms with Gasteiger partial charge in [0.1, 0.15) is 0 Å². The number of benzene rings is 2. The Balaban J connectivity index is 1.58. The van der Waals surface area contributed by atoms with E-state index in [1.165, 1.54) is 0 Å². The van der Waals surface area contributed by atoms with Gasteiger partial charge >= 0.3 is 0 Å². The van der Waals surface area contributed by atoms with Crippen LogP contribution in [0.15, 0.2) is 36.4 Å². The van der Waals surface area contributed by atoms with Crippen LogP contribution in [0.2, 0.25) is 5.02 Å². The number of fused-ring (bicyclic) bond motifs is 2. The fourth-order valence-electron chi connectivity index (χ4n) is 3.92. The number of nitrogens with zero attached hydrogens (tertiary/aromatic N) is 3. The van der Waals surface area contributed by atoms with E-state index in [9.17, 15) is 4.79 Å². The third kappa shape index (κ3) is 3.80. The molecular weight excluding hydrogens is 416 g/mol. The van der Waals surface area contributed by atoms with Crippen LogP contribution in [0.1, 0.15) is 15.9 Å². The number of amides is 1. The summed E-state index contributed by atoms with van der Waals surface area (Å²) in [6.45, 7) is 5.51. The highest BCUT2D eigenvalue weighted by Crippen LogP contribution is 2.37. The molecule has 1 aromatic heterocycles. The first kappa shape index (κ1) is 20.1. The van der Waals surface area contributed by atoms with Gasteiger partial charge in [-0.25, -0.2) is 9.99 Å². The number of aromatic nitrogens is 1. The van der Waals surface area contributed by atoms with Gasteiger partial charge in [0.05, 0.1) is 16.8 Å². The molecule has 1 amide bonds. The van der Waals surface area contributed by atoms with Crippen LogP contribution in [-0.2, 0) is 0 Å². The van der Waals surface area contributed by atoms with E-state index in [0.717, 1.165) is 42.7 Å². The summed E-state index contributed by atoms with van der Waals surface area (Å²) in [4.78, 5) is 20.4. The quantitative estimate of drug-likeness (QED) is 0.675. The summed E-state index contributed by atoms with van der Waals surface area (Å²) in [5, 5.41) is 3.36. The third-order valence-corrected chi connectivity index (χ3v) is 6.25. The predicted octanol–water partition coefficient (Wildman–Crippen LogP) is 3.48. The summed E-state index contributed by atoms with van der Waals surface area (Å²) in [5.74, 6) is 1.23. The van der Waals surface area contributed by atoms with Gasteiger partial charge in [-0.3, -0.25) is 10.2 Å². The van der Waals surface area contributed by atoms with Crippen LogP contribution in [0.3, 0.4) is 0 Å². The number of halogens is 1. The van der Waals surface area contributed by atoms with Crippen LogP contribution in [0.5, 0.6) is 11.5 Å². The predicted molar refractivity (Wildman–Crippen MR) is 120 cm³/mol. The van der Waals surface area contributed by atoms with Crippen molar-refractivity contribution in [2.24, 2.45) is 0 Å². The van der Waals surface area contributed by atoms with Gasteiger partial charge in [0, 0.05) is 42.2 Å². The summed E-state index contributed by atoms with van der Waals surface area (Å²) in [7, 11) is 2.08. The molecule has 1 fully saturated rings. The Morgan fingerprint density at radius 2 is 1.84 bits per heavy atom. The zero-order chi connectivity index (χ0) is 21.5. The molecule has 31 heavy (non-hydrogen) atoms. The van der Waals surface area contributed by atoms with Crippen LogP contribution in [0.4, 0.5) is 0 Å². The molecular formula is C23H23ClN4O3. The lowest BCUT2D eigenvalue weighted by atomic mass is 10.0. The van der Waals surface area contributed by atoms with E-state index in [-0.39, 0.29) is 12.7 Å². The summed E-state index contributed by atoms with van der Waals surface area (Å²) in [5.41, 5.74) is 6.71. The maximum atomic E-state index is 13.3. The van der Waals surface area contributed by atoms with Crippen molar-refractivity contribution in [1.29, 1.82) is 0 Å². The summed E-state index contributed by atoms with van der Waals surface area (Å²) >= 11 is 6.37. The molecule has 0 atom stereocenters. The summed E-state index contributed by atoms with van der Waals surface area (Å²) in [6, 6.07) is 11.2. The van der Waals surface area contributed by atoms with Gasteiger partial charge < -0.3 is 14.4 Å². The molecule has 160 valence electrons. The monoisotopic (exact) mass is 438 g/mol. The van der Waals surface area contributed by atoms with Crippen molar-refractivity contribution in [3.8, 4) is 22.8 Å². The van der Waals surface area contributed by atoms with E-state index in [1.807, 2.05) is 48.3 Å². The smallest absolute Gasteiger partial charge is 0.266 e. The number of hydrazine groups is 1. The average molecular weight is 439 g/mol. The van der Waals surface area contributed by atoms with Crippen LogP contribution in [0.25, 0.3) is 22.2 Å². The Kier molecular flexibility index (Phi) is 5.17.